The van der Waals surface area contributed by atoms with Crippen LogP contribution >= 0.6 is 11.8 Å². The van der Waals surface area contributed by atoms with Crippen LogP contribution in [-0.4, -0.2) is 43.6 Å². The molecule has 1 unspecified atom stereocenters. The van der Waals surface area contributed by atoms with Gasteiger partial charge in [0, 0.05) is 11.5 Å². The van der Waals surface area contributed by atoms with Crippen molar-refractivity contribution in [3.8, 4) is 5.88 Å². The largest absolute Gasteiger partial charge is 0.477 e. The summed E-state index contributed by atoms with van der Waals surface area (Å²) in [6.45, 7) is 1.33. The van der Waals surface area contributed by atoms with Gasteiger partial charge in [0.25, 0.3) is 5.91 Å². The van der Waals surface area contributed by atoms with E-state index >= 15 is 0 Å². The minimum atomic E-state index is -1.08. The number of carboxylic acids is 1. The van der Waals surface area contributed by atoms with Gasteiger partial charge in [0.1, 0.15) is 17.7 Å². The summed E-state index contributed by atoms with van der Waals surface area (Å²) in [6.07, 6.45) is 1.70. The number of aliphatic carboxylic acids is 1. The molecule has 20 heavy (non-hydrogen) atoms. The number of amides is 1. The van der Waals surface area contributed by atoms with Crippen LogP contribution in [0.2, 0.25) is 0 Å². The van der Waals surface area contributed by atoms with E-state index in [2.05, 4.69) is 5.10 Å². The smallest absolute Gasteiger partial charge is 0.353 e. The van der Waals surface area contributed by atoms with Crippen molar-refractivity contribution >= 4 is 29.7 Å². The fraction of sp³-hybridized carbons (Fsp3) is 0.250. The van der Waals surface area contributed by atoms with Crippen LogP contribution in [0.4, 0.5) is 0 Å². The molecule has 8 heteroatoms. The van der Waals surface area contributed by atoms with Gasteiger partial charge in [-0.15, -0.1) is 11.8 Å². The first-order chi connectivity index (χ1) is 9.65. The van der Waals surface area contributed by atoms with Gasteiger partial charge < -0.3 is 9.84 Å². The van der Waals surface area contributed by atoms with E-state index in [0.717, 1.165) is 0 Å². The Balaban J connectivity index is 1.61. The molecule has 1 aromatic rings. The summed E-state index contributed by atoms with van der Waals surface area (Å²) >= 11 is 1.32. The number of hydrogen-bond acceptors (Lipinski definition) is 5. The number of fused-ring (bicyclic) bond motifs is 2. The topological polar surface area (TPSA) is 84.7 Å². The molecule has 0 spiro atoms. The predicted octanol–water partition coefficient (Wildman–Crippen LogP) is 0.500. The highest BCUT2D eigenvalue weighted by Gasteiger charge is 2.49. The van der Waals surface area contributed by atoms with Crippen molar-refractivity contribution in [2.45, 2.75) is 11.9 Å². The number of β-lactam (4-membered cyclic amide) rings is 1. The summed E-state index contributed by atoms with van der Waals surface area (Å²) < 4.78 is 7.10. The minimum absolute atomic E-state index is 0.0396. The molecular formula is C12H9N3O4S. The normalized spacial score (nSPS) is 25.1. The lowest BCUT2D eigenvalue weighted by Crippen LogP contribution is -2.51. The SMILES string of the molecule is O=C(O)C1=CSC2/C(=C/c3cc4n(n3)CCO4)C(=O)N12. The molecule has 1 amide bonds. The lowest BCUT2D eigenvalue weighted by Gasteiger charge is -2.36. The maximum atomic E-state index is 12.0. The number of hydrogen-bond donors (Lipinski definition) is 1. The molecule has 3 aliphatic heterocycles. The fourth-order valence-corrected chi connectivity index (χ4v) is 3.55. The standard InChI is InChI=1S/C12H9N3O4S/c16-10-7(11-15(10)8(5-20-11)12(17)18)3-6-4-9-14(13-6)1-2-19-9/h3-5,11H,1-2H2,(H,17,18)/b7-3+. The van der Waals surface area contributed by atoms with Crippen LogP contribution in [0.15, 0.2) is 22.7 Å². The molecule has 102 valence electrons. The van der Waals surface area contributed by atoms with E-state index in [-0.39, 0.29) is 17.0 Å². The van der Waals surface area contributed by atoms with Crippen LogP contribution in [0, 0.1) is 0 Å². The Kier molecular flexibility index (Phi) is 2.25. The number of carboxylic acid groups (broad SMARTS) is 1. The second-order valence-corrected chi connectivity index (χ2v) is 5.50. The van der Waals surface area contributed by atoms with Crippen LogP contribution in [0.5, 0.6) is 5.88 Å². The number of carbonyl (C=O) groups is 2. The third-order valence-corrected chi connectivity index (χ3v) is 4.45. The predicted molar refractivity (Wildman–Crippen MR) is 69.6 cm³/mol. The van der Waals surface area contributed by atoms with Gasteiger partial charge in [-0.2, -0.15) is 5.10 Å². The lowest BCUT2D eigenvalue weighted by atomic mass is 10.0. The first-order valence-corrected chi connectivity index (χ1v) is 6.94. The summed E-state index contributed by atoms with van der Waals surface area (Å²) in [6, 6.07) is 1.78. The number of rotatable bonds is 2. The molecule has 1 N–H and O–H groups in total. The summed E-state index contributed by atoms with van der Waals surface area (Å²) in [7, 11) is 0. The van der Waals surface area contributed by atoms with Crippen molar-refractivity contribution in [2.24, 2.45) is 0 Å². The van der Waals surface area contributed by atoms with Crippen molar-refractivity contribution in [2.75, 3.05) is 6.61 Å². The molecule has 1 fully saturated rings. The van der Waals surface area contributed by atoms with Crippen LogP contribution in [-0.2, 0) is 16.1 Å². The Morgan fingerprint density at radius 3 is 3.20 bits per heavy atom. The van der Waals surface area contributed by atoms with Gasteiger partial charge in [-0.3, -0.25) is 9.69 Å². The molecule has 0 aromatic carbocycles. The van der Waals surface area contributed by atoms with Crippen LogP contribution in [0.25, 0.3) is 6.08 Å². The van der Waals surface area contributed by atoms with E-state index in [1.165, 1.54) is 22.1 Å². The van der Waals surface area contributed by atoms with Gasteiger partial charge in [-0.1, -0.05) is 0 Å². The summed E-state index contributed by atoms with van der Waals surface area (Å²) in [5.74, 6) is -0.659. The number of nitrogens with zero attached hydrogens (tertiary/aromatic N) is 3. The zero-order chi connectivity index (χ0) is 13.9. The van der Waals surface area contributed by atoms with E-state index in [9.17, 15) is 9.59 Å². The second-order valence-electron chi connectivity index (χ2n) is 4.55. The first-order valence-electron chi connectivity index (χ1n) is 6.00. The molecule has 1 atom stereocenters. The summed E-state index contributed by atoms with van der Waals surface area (Å²) in [5.41, 5.74) is 1.27. The Morgan fingerprint density at radius 2 is 2.45 bits per heavy atom. The van der Waals surface area contributed by atoms with E-state index in [1.807, 2.05) is 0 Å². The molecular weight excluding hydrogens is 282 g/mol. The third kappa shape index (κ3) is 1.45. The molecule has 4 rings (SSSR count). The van der Waals surface area contributed by atoms with Crippen LogP contribution in [0.3, 0.4) is 0 Å². The lowest BCUT2D eigenvalue weighted by molar-refractivity contribution is -0.141. The van der Waals surface area contributed by atoms with Crippen molar-refractivity contribution in [1.29, 1.82) is 0 Å². The first kappa shape index (κ1) is 11.6. The van der Waals surface area contributed by atoms with E-state index in [1.54, 1.807) is 16.8 Å². The maximum Gasteiger partial charge on any atom is 0.353 e. The molecule has 1 aromatic heterocycles. The second kappa shape index (κ2) is 3.89. The number of thioether (sulfide) groups is 1. The number of ether oxygens (including phenoxy) is 1. The van der Waals surface area contributed by atoms with Crippen molar-refractivity contribution in [3.05, 3.63) is 28.4 Å². The average molecular weight is 291 g/mol. The zero-order valence-corrected chi connectivity index (χ0v) is 11.0. The Bertz CT molecular complexity index is 684. The molecule has 0 saturated carbocycles. The average Bonchev–Trinajstić information content (AvgIpc) is 3.07. The van der Waals surface area contributed by atoms with Gasteiger partial charge >= 0.3 is 5.97 Å². The van der Waals surface area contributed by atoms with E-state index in [0.29, 0.717) is 30.3 Å². The monoisotopic (exact) mass is 291 g/mol. The Morgan fingerprint density at radius 1 is 1.60 bits per heavy atom. The highest BCUT2D eigenvalue weighted by Crippen LogP contribution is 2.45. The minimum Gasteiger partial charge on any atom is -0.477 e. The third-order valence-electron chi connectivity index (χ3n) is 3.37. The maximum absolute atomic E-state index is 12.0. The molecule has 4 heterocycles. The highest BCUT2D eigenvalue weighted by atomic mass is 32.2. The molecule has 0 aliphatic carbocycles. The molecule has 3 aliphatic rings. The number of aromatic nitrogens is 2. The molecule has 0 radical (unpaired) electrons. The summed E-state index contributed by atoms with van der Waals surface area (Å²) in [5, 5.41) is 14.6. The van der Waals surface area contributed by atoms with Crippen molar-refractivity contribution in [1.82, 2.24) is 14.7 Å². The van der Waals surface area contributed by atoms with Crippen molar-refractivity contribution < 1.29 is 19.4 Å². The number of carbonyl (C=O) groups excluding carboxylic acids is 1. The highest BCUT2D eigenvalue weighted by molar-refractivity contribution is 8.03. The van der Waals surface area contributed by atoms with Crippen LogP contribution in [0.1, 0.15) is 5.69 Å². The Hall–Kier alpha value is -2.22. The van der Waals surface area contributed by atoms with Crippen LogP contribution < -0.4 is 4.74 Å². The van der Waals surface area contributed by atoms with E-state index < -0.39 is 5.97 Å². The zero-order valence-electron chi connectivity index (χ0n) is 10.1. The Labute approximate surface area is 117 Å². The molecule has 1 saturated heterocycles. The molecule has 7 nitrogen and oxygen atoms in total. The quantitative estimate of drug-likeness (QED) is 0.631. The van der Waals surface area contributed by atoms with Gasteiger partial charge in [0.05, 0.1) is 17.8 Å². The summed E-state index contributed by atoms with van der Waals surface area (Å²) in [4.78, 5) is 24.3. The fourth-order valence-electron chi connectivity index (χ4n) is 2.43. The van der Waals surface area contributed by atoms with Crippen molar-refractivity contribution in [3.63, 3.8) is 0 Å². The van der Waals surface area contributed by atoms with E-state index in [4.69, 9.17) is 9.84 Å². The molecule has 0 bridgehead atoms. The van der Waals surface area contributed by atoms with Gasteiger partial charge in [0.15, 0.2) is 0 Å². The van der Waals surface area contributed by atoms with Gasteiger partial charge in [-0.25, -0.2) is 9.48 Å². The van der Waals surface area contributed by atoms with Gasteiger partial charge in [0.2, 0.25) is 5.88 Å². The van der Waals surface area contributed by atoms with Gasteiger partial charge in [-0.05, 0) is 6.08 Å².